The molecule has 4 heteroatoms. The first-order valence-electron chi connectivity index (χ1n) is 5.04. The molecule has 2 aromatic rings. The molecule has 0 amide bonds. The molecule has 2 rings (SSSR count). The summed E-state index contributed by atoms with van der Waals surface area (Å²) < 4.78 is 13.7. The zero-order valence-electron chi connectivity index (χ0n) is 8.83. The Hall–Kier alpha value is -1.09. The molecule has 0 spiro atoms. The van der Waals surface area contributed by atoms with E-state index in [4.69, 9.17) is 28.9 Å². The van der Waals surface area contributed by atoms with Crippen LogP contribution >= 0.6 is 23.2 Å². The molecule has 0 aliphatic carbocycles. The summed E-state index contributed by atoms with van der Waals surface area (Å²) in [5.74, 6) is -0.403. The highest BCUT2D eigenvalue weighted by atomic mass is 35.5. The van der Waals surface area contributed by atoms with Crippen molar-refractivity contribution in [2.45, 2.75) is 6.04 Å². The van der Waals surface area contributed by atoms with Crippen LogP contribution in [-0.2, 0) is 0 Å². The minimum Gasteiger partial charge on any atom is -0.320 e. The van der Waals surface area contributed by atoms with E-state index in [1.807, 2.05) is 0 Å². The molecule has 17 heavy (non-hydrogen) atoms. The SMILES string of the molecule is NC(c1ccc(Cl)cc1)c1c(F)cccc1Cl. The van der Waals surface area contributed by atoms with Crippen LogP contribution in [0.5, 0.6) is 0 Å². The van der Waals surface area contributed by atoms with Crippen molar-refractivity contribution < 1.29 is 4.39 Å². The fraction of sp³-hybridized carbons (Fsp3) is 0.0769. The molecule has 0 aromatic heterocycles. The molecular weight excluding hydrogens is 260 g/mol. The number of hydrogen-bond acceptors (Lipinski definition) is 1. The van der Waals surface area contributed by atoms with Crippen molar-refractivity contribution in [1.29, 1.82) is 0 Å². The van der Waals surface area contributed by atoms with Crippen molar-refractivity contribution in [2.75, 3.05) is 0 Å². The molecule has 2 N–H and O–H groups in total. The number of nitrogens with two attached hydrogens (primary N) is 1. The van der Waals surface area contributed by atoms with Crippen LogP contribution in [0.25, 0.3) is 0 Å². The third kappa shape index (κ3) is 2.60. The van der Waals surface area contributed by atoms with Crippen LogP contribution < -0.4 is 5.73 Å². The minimum absolute atomic E-state index is 0.302. The Kier molecular flexibility index (Phi) is 3.67. The Bertz CT molecular complexity index is 505. The maximum atomic E-state index is 13.7. The fourth-order valence-electron chi connectivity index (χ4n) is 1.64. The lowest BCUT2D eigenvalue weighted by molar-refractivity contribution is 0.600. The first kappa shape index (κ1) is 12.4. The highest BCUT2D eigenvalue weighted by molar-refractivity contribution is 6.31. The molecule has 1 nitrogen and oxygen atoms in total. The zero-order valence-corrected chi connectivity index (χ0v) is 10.3. The highest BCUT2D eigenvalue weighted by Crippen LogP contribution is 2.29. The van der Waals surface area contributed by atoms with Gasteiger partial charge in [-0.2, -0.15) is 0 Å². The van der Waals surface area contributed by atoms with Gasteiger partial charge in [0.15, 0.2) is 0 Å². The maximum absolute atomic E-state index is 13.7. The van der Waals surface area contributed by atoms with Gasteiger partial charge in [-0.25, -0.2) is 4.39 Å². The van der Waals surface area contributed by atoms with Gasteiger partial charge in [-0.3, -0.25) is 0 Å². The number of hydrogen-bond donors (Lipinski definition) is 1. The van der Waals surface area contributed by atoms with Gasteiger partial charge in [-0.1, -0.05) is 41.4 Å². The Morgan fingerprint density at radius 2 is 1.65 bits per heavy atom. The Labute approximate surface area is 109 Å². The Morgan fingerprint density at radius 3 is 2.24 bits per heavy atom. The molecule has 2 aromatic carbocycles. The predicted molar refractivity (Wildman–Crippen MR) is 68.9 cm³/mol. The van der Waals surface area contributed by atoms with Gasteiger partial charge >= 0.3 is 0 Å². The summed E-state index contributed by atoms with van der Waals surface area (Å²) in [5, 5.41) is 0.938. The second-order valence-electron chi connectivity index (χ2n) is 3.66. The van der Waals surface area contributed by atoms with E-state index in [1.165, 1.54) is 6.07 Å². The lowest BCUT2D eigenvalue weighted by Gasteiger charge is -2.15. The zero-order chi connectivity index (χ0) is 12.4. The molecular formula is C13H10Cl2FN. The van der Waals surface area contributed by atoms with Crippen LogP contribution in [0.3, 0.4) is 0 Å². The normalized spacial score (nSPS) is 12.5. The van der Waals surface area contributed by atoms with Crippen molar-refractivity contribution in [3.8, 4) is 0 Å². The summed E-state index contributed by atoms with van der Waals surface area (Å²) in [6.45, 7) is 0. The van der Waals surface area contributed by atoms with E-state index in [2.05, 4.69) is 0 Å². The van der Waals surface area contributed by atoms with E-state index < -0.39 is 11.9 Å². The van der Waals surface area contributed by atoms with E-state index in [9.17, 15) is 4.39 Å². The molecule has 0 saturated carbocycles. The molecule has 0 heterocycles. The van der Waals surface area contributed by atoms with Gasteiger partial charge in [0.1, 0.15) is 5.82 Å². The second-order valence-corrected chi connectivity index (χ2v) is 4.51. The van der Waals surface area contributed by atoms with Crippen molar-refractivity contribution in [3.63, 3.8) is 0 Å². The molecule has 0 bridgehead atoms. The monoisotopic (exact) mass is 269 g/mol. The lowest BCUT2D eigenvalue weighted by atomic mass is 9.99. The largest absolute Gasteiger partial charge is 0.320 e. The smallest absolute Gasteiger partial charge is 0.129 e. The molecule has 0 fully saturated rings. The van der Waals surface area contributed by atoms with Crippen LogP contribution in [0, 0.1) is 5.82 Å². The Morgan fingerprint density at radius 1 is 1.00 bits per heavy atom. The summed E-state index contributed by atoms with van der Waals surface area (Å²) in [4.78, 5) is 0. The first-order chi connectivity index (χ1) is 8.09. The van der Waals surface area contributed by atoms with Gasteiger partial charge in [0.25, 0.3) is 0 Å². The second kappa shape index (κ2) is 5.05. The first-order valence-corrected chi connectivity index (χ1v) is 5.80. The summed E-state index contributed by atoms with van der Waals surface area (Å²) >= 11 is 11.7. The molecule has 1 unspecified atom stereocenters. The van der Waals surface area contributed by atoms with Gasteiger partial charge in [-0.15, -0.1) is 0 Å². The van der Waals surface area contributed by atoms with Crippen LogP contribution in [-0.4, -0.2) is 0 Å². The van der Waals surface area contributed by atoms with Gasteiger partial charge < -0.3 is 5.73 Å². The lowest BCUT2D eigenvalue weighted by Crippen LogP contribution is -2.14. The number of halogens is 3. The Balaban J connectivity index is 2.43. The predicted octanol–water partition coefficient (Wildman–Crippen LogP) is 4.18. The van der Waals surface area contributed by atoms with E-state index >= 15 is 0 Å². The standard InChI is InChI=1S/C13H10Cl2FN/c14-9-6-4-8(5-7-9)13(17)12-10(15)2-1-3-11(12)16/h1-7,13H,17H2. The van der Waals surface area contributed by atoms with Gasteiger partial charge in [-0.05, 0) is 29.8 Å². The van der Waals surface area contributed by atoms with Gasteiger partial charge in [0.05, 0.1) is 6.04 Å². The van der Waals surface area contributed by atoms with Crippen molar-refractivity contribution in [3.05, 3.63) is 69.5 Å². The molecule has 0 aliphatic heterocycles. The summed E-state index contributed by atoms with van der Waals surface area (Å²) in [6, 6.07) is 10.9. The van der Waals surface area contributed by atoms with Crippen molar-refractivity contribution in [2.24, 2.45) is 5.73 Å². The van der Waals surface area contributed by atoms with Crippen LogP contribution in [0.1, 0.15) is 17.2 Å². The van der Waals surface area contributed by atoms with Crippen molar-refractivity contribution >= 4 is 23.2 Å². The summed E-state index contributed by atoms with van der Waals surface area (Å²) in [5.41, 5.74) is 7.07. The quantitative estimate of drug-likeness (QED) is 0.870. The fourth-order valence-corrected chi connectivity index (χ4v) is 2.05. The number of benzene rings is 2. The van der Waals surface area contributed by atoms with Crippen LogP contribution in [0.2, 0.25) is 10.0 Å². The molecule has 0 saturated heterocycles. The number of rotatable bonds is 2. The third-order valence-corrected chi connectivity index (χ3v) is 3.12. The van der Waals surface area contributed by atoms with E-state index in [0.717, 1.165) is 5.56 Å². The average Bonchev–Trinajstić information content (AvgIpc) is 2.29. The molecule has 88 valence electrons. The topological polar surface area (TPSA) is 26.0 Å². The summed E-state index contributed by atoms with van der Waals surface area (Å²) in [6.07, 6.45) is 0. The van der Waals surface area contributed by atoms with E-state index in [-0.39, 0.29) is 0 Å². The average molecular weight is 270 g/mol. The molecule has 0 radical (unpaired) electrons. The van der Waals surface area contributed by atoms with Gasteiger partial charge in [0.2, 0.25) is 0 Å². The highest BCUT2D eigenvalue weighted by Gasteiger charge is 2.16. The van der Waals surface area contributed by atoms with Crippen LogP contribution in [0.15, 0.2) is 42.5 Å². The maximum Gasteiger partial charge on any atom is 0.129 e. The van der Waals surface area contributed by atoms with Crippen LogP contribution in [0.4, 0.5) is 4.39 Å². The minimum atomic E-state index is -0.596. The van der Waals surface area contributed by atoms with Crippen molar-refractivity contribution in [1.82, 2.24) is 0 Å². The van der Waals surface area contributed by atoms with Gasteiger partial charge in [0, 0.05) is 15.6 Å². The third-order valence-electron chi connectivity index (χ3n) is 2.54. The van der Waals surface area contributed by atoms with E-state index in [0.29, 0.717) is 15.6 Å². The molecule has 0 aliphatic rings. The summed E-state index contributed by atoms with van der Waals surface area (Å²) in [7, 11) is 0. The van der Waals surface area contributed by atoms with E-state index in [1.54, 1.807) is 36.4 Å². The molecule has 1 atom stereocenters.